The normalized spacial score (nSPS) is 9.50. The summed E-state index contributed by atoms with van der Waals surface area (Å²) < 4.78 is 0. The topological polar surface area (TPSA) is 87.1 Å². The van der Waals surface area contributed by atoms with Crippen LogP contribution in [0.5, 0.6) is 0 Å². The first kappa shape index (κ1) is 10.6. The largest absolute Gasteiger partial charge is 0.478 e. The number of aromatic carboxylic acids is 1. The van der Waals surface area contributed by atoms with E-state index in [-0.39, 0.29) is 17.7 Å². The number of carboxylic acid groups (broad SMARTS) is 1. The Morgan fingerprint density at radius 3 is 2.71 bits per heavy atom. The van der Waals surface area contributed by atoms with Gasteiger partial charge in [-0.3, -0.25) is 0 Å². The molecule has 0 saturated carbocycles. The molecule has 0 heterocycles. The average molecular weight is 208 g/mol. The lowest BCUT2D eigenvalue weighted by Crippen LogP contribution is -2.09. The molecule has 0 radical (unpaired) electrons. The molecular weight excluding hydrogens is 200 g/mol. The monoisotopic (exact) mass is 208 g/mol. The molecule has 0 aliphatic heterocycles. The summed E-state index contributed by atoms with van der Waals surface area (Å²) in [7, 11) is 0. The maximum absolute atomic E-state index is 10.8. The fourth-order valence-corrected chi connectivity index (χ4v) is 1.43. The fourth-order valence-electron chi connectivity index (χ4n) is 1.17. The predicted molar refractivity (Wildman–Crippen MR) is 53.3 cm³/mol. The van der Waals surface area contributed by atoms with Crippen LogP contribution in [0.1, 0.15) is 21.5 Å². The van der Waals surface area contributed by atoms with Crippen molar-refractivity contribution in [2.45, 2.75) is 11.4 Å². The molecule has 0 saturated heterocycles. The van der Waals surface area contributed by atoms with Crippen LogP contribution in [-0.2, 0) is 6.54 Å². The fraction of sp³-hybridized carbons (Fsp3) is 0.111. The SMILES string of the molecule is N#Cc1cc(S)cc(C(=O)O)c1CN. The molecule has 14 heavy (non-hydrogen) atoms. The third kappa shape index (κ3) is 1.87. The van der Waals surface area contributed by atoms with Gasteiger partial charge in [-0.25, -0.2) is 4.79 Å². The summed E-state index contributed by atoms with van der Waals surface area (Å²) in [5.74, 6) is -1.10. The van der Waals surface area contributed by atoms with E-state index < -0.39 is 5.97 Å². The molecule has 0 bridgehead atoms. The number of nitrogens with zero attached hydrogens (tertiary/aromatic N) is 1. The van der Waals surface area contributed by atoms with Gasteiger partial charge in [-0.2, -0.15) is 5.26 Å². The third-order valence-electron chi connectivity index (χ3n) is 1.79. The van der Waals surface area contributed by atoms with Crippen LogP contribution in [0.25, 0.3) is 0 Å². The Morgan fingerprint density at radius 1 is 1.64 bits per heavy atom. The summed E-state index contributed by atoms with van der Waals surface area (Å²) in [6.45, 7) is 0.0264. The average Bonchev–Trinajstić information content (AvgIpc) is 2.16. The molecular formula is C9H8N2O2S. The summed E-state index contributed by atoms with van der Waals surface area (Å²) >= 11 is 4.00. The molecule has 0 fully saturated rings. The molecule has 1 aromatic rings. The first-order valence-corrected chi connectivity index (χ1v) is 4.24. The number of thiol groups is 1. The van der Waals surface area contributed by atoms with Gasteiger partial charge in [-0.15, -0.1) is 12.6 Å². The Hall–Kier alpha value is -1.51. The zero-order valence-corrected chi connectivity index (χ0v) is 8.08. The van der Waals surface area contributed by atoms with E-state index in [1.165, 1.54) is 12.1 Å². The summed E-state index contributed by atoms with van der Waals surface area (Å²) in [6.07, 6.45) is 0. The van der Waals surface area contributed by atoms with Crippen LogP contribution in [0.2, 0.25) is 0 Å². The van der Waals surface area contributed by atoms with Gasteiger partial charge in [0.1, 0.15) is 0 Å². The second kappa shape index (κ2) is 4.13. The van der Waals surface area contributed by atoms with Gasteiger partial charge in [0, 0.05) is 11.4 Å². The van der Waals surface area contributed by atoms with E-state index in [2.05, 4.69) is 12.6 Å². The number of hydrogen-bond acceptors (Lipinski definition) is 4. The van der Waals surface area contributed by atoms with Crippen LogP contribution < -0.4 is 5.73 Å². The van der Waals surface area contributed by atoms with Crippen molar-refractivity contribution >= 4 is 18.6 Å². The quantitative estimate of drug-likeness (QED) is 0.633. The molecule has 0 spiro atoms. The number of benzene rings is 1. The molecule has 0 amide bonds. The van der Waals surface area contributed by atoms with Crippen LogP contribution >= 0.6 is 12.6 Å². The van der Waals surface area contributed by atoms with E-state index in [0.717, 1.165) is 0 Å². The highest BCUT2D eigenvalue weighted by molar-refractivity contribution is 7.80. The van der Waals surface area contributed by atoms with Gasteiger partial charge < -0.3 is 10.8 Å². The van der Waals surface area contributed by atoms with Gasteiger partial charge in [-0.1, -0.05) is 0 Å². The van der Waals surface area contributed by atoms with Crippen molar-refractivity contribution < 1.29 is 9.90 Å². The predicted octanol–water partition coefficient (Wildman–Crippen LogP) is 1.00. The van der Waals surface area contributed by atoms with Gasteiger partial charge in [0.25, 0.3) is 0 Å². The highest BCUT2D eigenvalue weighted by Crippen LogP contribution is 2.19. The number of hydrogen-bond donors (Lipinski definition) is 3. The number of nitrogens with two attached hydrogens (primary N) is 1. The Morgan fingerprint density at radius 2 is 2.29 bits per heavy atom. The molecule has 5 heteroatoms. The number of rotatable bonds is 2. The zero-order chi connectivity index (χ0) is 10.7. The van der Waals surface area contributed by atoms with Crippen LogP contribution in [-0.4, -0.2) is 11.1 Å². The van der Waals surface area contributed by atoms with Gasteiger partial charge >= 0.3 is 5.97 Å². The van der Waals surface area contributed by atoms with E-state index in [0.29, 0.717) is 10.5 Å². The van der Waals surface area contributed by atoms with E-state index in [4.69, 9.17) is 16.1 Å². The highest BCUT2D eigenvalue weighted by Gasteiger charge is 2.13. The summed E-state index contributed by atoms with van der Waals surface area (Å²) in [5.41, 5.74) is 6.02. The van der Waals surface area contributed by atoms with Crippen LogP contribution in [0, 0.1) is 11.3 Å². The second-order valence-corrected chi connectivity index (χ2v) is 3.16. The lowest BCUT2D eigenvalue weighted by molar-refractivity contribution is 0.0695. The van der Waals surface area contributed by atoms with E-state index in [1.54, 1.807) is 0 Å². The van der Waals surface area contributed by atoms with Crippen molar-refractivity contribution in [1.82, 2.24) is 0 Å². The van der Waals surface area contributed by atoms with Gasteiger partial charge in [0.2, 0.25) is 0 Å². The molecule has 0 unspecified atom stereocenters. The Labute approximate surface area is 86.4 Å². The van der Waals surface area contributed by atoms with Gasteiger partial charge in [-0.05, 0) is 17.7 Å². The van der Waals surface area contributed by atoms with Gasteiger partial charge in [0.15, 0.2) is 0 Å². The minimum atomic E-state index is -1.10. The maximum atomic E-state index is 10.8. The van der Waals surface area contributed by atoms with Crippen molar-refractivity contribution in [1.29, 1.82) is 5.26 Å². The van der Waals surface area contributed by atoms with Gasteiger partial charge in [0.05, 0.1) is 17.2 Å². The van der Waals surface area contributed by atoms with Crippen molar-refractivity contribution in [3.63, 3.8) is 0 Å². The lowest BCUT2D eigenvalue weighted by Gasteiger charge is -2.06. The van der Waals surface area contributed by atoms with Crippen molar-refractivity contribution in [2.24, 2.45) is 5.73 Å². The Kier molecular flexibility index (Phi) is 3.12. The third-order valence-corrected chi connectivity index (χ3v) is 2.05. The zero-order valence-electron chi connectivity index (χ0n) is 7.19. The van der Waals surface area contributed by atoms with E-state index in [9.17, 15) is 4.79 Å². The van der Waals surface area contributed by atoms with Crippen LogP contribution in [0.4, 0.5) is 0 Å². The van der Waals surface area contributed by atoms with Crippen molar-refractivity contribution in [2.75, 3.05) is 0 Å². The minimum Gasteiger partial charge on any atom is -0.478 e. The molecule has 0 aliphatic rings. The first-order valence-electron chi connectivity index (χ1n) is 3.79. The standard InChI is InChI=1S/C9H8N2O2S/c10-3-5-1-6(14)2-7(9(12)13)8(5)4-11/h1-2,14H,4,11H2,(H,12,13). The summed E-state index contributed by atoms with van der Waals surface area (Å²) in [4.78, 5) is 11.2. The highest BCUT2D eigenvalue weighted by atomic mass is 32.1. The van der Waals surface area contributed by atoms with Crippen LogP contribution in [0.15, 0.2) is 17.0 Å². The van der Waals surface area contributed by atoms with E-state index in [1.807, 2.05) is 6.07 Å². The molecule has 1 rings (SSSR count). The summed E-state index contributed by atoms with van der Waals surface area (Å²) in [6, 6.07) is 4.77. The number of nitriles is 1. The van der Waals surface area contributed by atoms with E-state index >= 15 is 0 Å². The molecule has 0 aliphatic carbocycles. The minimum absolute atomic E-state index is 0.0264. The first-order chi connectivity index (χ1) is 6.60. The maximum Gasteiger partial charge on any atom is 0.336 e. The Balaban J connectivity index is 3.49. The molecule has 4 nitrogen and oxygen atoms in total. The molecule has 0 atom stereocenters. The Bertz CT molecular complexity index is 424. The van der Waals surface area contributed by atoms with Crippen molar-refractivity contribution in [3.8, 4) is 6.07 Å². The number of carbonyl (C=O) groups is 1. The molecule has 72 valence electrons. The van der Waals surface area contributed by atoms with Crippen LogP contribution in [0.3, 0.4) is 0 Å². The second-order valence-electron chi connectivity index (χ2n) is 2.64. The molecule has 0 aromatic heterocycles. The lowest BCUT2D eigenvalue weighted by atomic mass is 10.0. The summed E-state index contributed by atoms with van der Waals surface area (Å²) in [5, 5.41) is 17.6. The molecule has 3 N–H and O–H groups in total. The number of carboxylic acids is 1. The molecule has 1 aromatic carbocycles. The smallest absolute Gasteiger partial charge is 0.336 e. The van der Waals surface area contributed by atoms with Crippen molar-refractivity contribution in [3.05, 3.63) is 28.8 Å².